The Bertz CT molecular complexity index is 1090. The molecule has 9 nitrogen and oxygen atoms in total. The van der Waals surface area contributed by atoms with Crippen LogP contribution in [-0.2, 0) is 37.8 Å². The molecule has 0 aliphatic carbocycles. The van der Waals surface area contributed by atoms with Crippen molar-refractivity contribution in [1.82, 2.24) is 14.1 Å². The number of rotatable bonds is 7. The van der Waals surface area contributed by atoms with E-state index >= 15 is 0 Å². The van der Waals surface area contributed by atoms with Gasteiger partial charge >= 0.3 is 5.97 Å². The van der Waals surface area contributed by atoms with Crippen LogP contribution in [0.4, 0.5) is 5.69 Å². The summed E-state index contributed by atoms with van der Waals surface area (Å²) in [7, 11) is -1.73. The highest BCUT2D eigenvalue weighted by Gasteiger charge is 2.26. The standard InChI is InChI=1S/C22H30N4O5S/c1-15-21(16(2)25(4)24-15)23-22(28)17(3)31-20(27)14-18-8-10-19(11-9-18)32(29,30)26-12-6-5-7-13-26/h8-11,17H,5-7,12-14H2,1-4H3,(H,23,28). The number of benzene rings is 1. The molecular formula is C22H30N4O5S. The van der Waals surface area contributed by atoms with Crippen molar-refractivity contribution in [1.29, 1.82) is 0 Å². The van der Waals surface area contributed by atoms with Gasteiger partial charge in [0.05, 0.1) is 28.4 Å². The molecule has 1 N–H and O–H groups in total. The van der Waals surface area contributed by atoms with Gasteiger partial charge in [-0.25, -0.2) is 8.42 Å². The van der Waals surface area contributed by atoms with Gasteiger partial charge in [-0.05, 0) is 51.3 Å². The molecule has 0 radical (unpaired) electrons. The van der Waals surface area contributed by atoms with E-state index in [1.807, 2.05) is 6.92 Å². The molecular weight excluding hydrogens is 432 g/mol. The number of nitrogens with one attached hydrogen (secondary N) is 1. The summed E-state index contributed by atoms with van der Waals surface area (Å²) >= 11 is 0. The zero-order valence-electron chi connectivity index (χ0n) is 18.9. The maximum atomic E-state index is 12.7. The maximum Gasteiger partial charge on any atom is 0.311 e. The molecule has 0 spiro atoms. The van der Waals surface area contributed by atoms with Crippen LogP contribution in [0.1, 0.15) is 43.1 Å². The second kappa shape index (κ2) is 9.83. The number of carbonyl (C=O) groups is 2. The second-order valence-electron chi connectivity index (χ2n) is 8.08. The van der Waals surface area contributed by atoms with Gasteiger partial charge in [0.25, 0.3) is 5.91 Å². The molecule has 1 saturated heterocycles. The molecule has 2 aromatic rings. The van der Waals surface area contributed by atoms with Crippen LogP contribution in [-0.4, -0.2) is 53.6 Å². The number of piperidine rings is 1. The largest absolute Gasteiger partial charge is 0.452 e. The number of sulfonamides is 1. The van der Waals surface area contributed by atoms with Crippen LogP contribution in [0, 0.1) is 13.8 Å². The fraction of sp³-hybridized carbons (Fsp3) is 0.500. The normalized spacial score (nSPS) is 15.9. The molecule has 1 atom stereocenters. The summed E-state index contributed by atoms with van der Waals surface area (Å²) in [6.07, 6.45) is 1.74. The molecule has 0 saturated carbocycles. The zero-order chi connectivity index (χ0) is 23.5. The van der Waals surface area contributed by atoms with Crippen molar-refractivity contribution in [2.24, 2.45) is 7.05 Å². The van der Waals surface area contributed by atoms with Gasteiger partial charge in [0.2, 0.25) is 10.0 Å². The average molecular weight is 463 g/mol. The molecule has 1 amide bonds. The maximum absolute atomic E-state index is 12.7. The van der Waals surface area contributed by atoms with Gasteiger partial charge in [-0.2, -0.15) is 9.40 Å². The van der Waals surface area contributed by atoms with Crippen molar-refractivity contribution in [2.75, 3.05) is 18.4 Å². The lowest BCUT2D eigenvalue weighted by atomic mass is 10.1. The van der Waals surface area contributed by atoms with Gasteiger partial charge in [0.1, 0.15) is 0 Å². The number of esters is 1. The second-order valence-corrected chi connectivity index (χ2v) is 10.0. The highest BCUT2D eigenvalue weighted by atomic mass is 32.2. The summed E-state index contributed by atoms with van der Waals surface area (Å²) < 4.78 is 33.9. The minimum Gasteiger partial charge on any atom is -0.452 e. The van der Waals surface area contributed by atoms with E-state index in [4.69, 9.17) is 4.74 Å². The van der Waals surface area contributed by atoms with Gasteiger partial charge in [0, 0.05) is 20.1 Å². The van der Waals surface area contributed by atoms with Crippen molar-refractivity contribution in [3.05, 3.63) is 41.2 Å². The van der Waals surface area contributed by atoms with Crippen LogP contribution < -0.4 is 5.32 Å². The average Bonchev–Trinajstić information content (AvgIpc) is 3.00. The summed E-state index contributed by atoms with van der Waals surface area (Å²) in [6.45, 7) is 6.20. The molecule has 174 valence electrons. The van der Waals surface area contributed by atoms with Crippen LogP contribution >= 0.6 is 0 Å². The highest BCUT2D eigenvalue weighted by molar-refractivity contribution is 7.89. The molecule has 1 aliphatic heterocycles. The summed E-state index contributed by atoms with van der Waals surface area (Å²) in [5.41, 5.74) is 2.69. The van der Waals surface area contributed by atoms with Gasteiger partial charge in [-0.15, -0.1) is 0 Å². The SMILES string of the molecule is Cc1nn(C)c(C)c1NC(=O)C(C)OC(=O)Cc1ccc(S(=O)(=O)N2CCCCC2)cc1. The molecule has 0 bridgehead atoms. The molecule has 3 rings (SSSR count). The highest BCUT2D eigenvalue weighted by Crippen LogP contribution is 2.21. The monoisotopic (exact) mass is 462 g/mol. The van der Waals surface area contributed by atoms with Crippen molar-refractivity contribution < 1.29 is 22.7 Å². The molecule has 10 heteroatoms. The topological polar surface area (TPSA) is 111 Å². The van der Waals surface area contributed by atoms with Crippen molar-refractivity contribution >= 4 is 27.6 Å². The fourth-order valence-electron chi connectivity index (χ4n) is 3.67. The molecule has 1 aromatic carbocycles. The third-order valence-electron chi connectivity index (χ3n) is 5.66. The van der Waals surface area contributed by atoms with E-state index in [-0.39, 0.29) is 11.3 Å². The summed E-state index contributed by atoms with van der Waals surface area (Å²) in [5.74, 6) is -1.01. The van der Waals surface area contributed by atoms with Crippen LogP contribution in [0.3, 0.4) is 0 Å². The van der Waals surface area contributed by atoms with Gasteiger partial charge in [-0.1, -0.05) is 18.6 Å². The Hall–Kier alpha value is -2.72. The number of nitrogens with zero attached hydrogens (tertiary/aromatic N) is 3. The number of ether oxygens (including phenoxy) is 1. The molecule has 1 aliphatic rings. The number of aryl methyl sites for hydroxylation is 2. The Balaban J connectivity index is 1.56. The first-order chi connectivity index (χ1) is 15.1. The summed E-state index contributed by atoms with van der Waals surface area (Å²) in [5, 5.41) is 6.99. The first-order valence-corrected chi connectivity index (χ1v) is 12.1. The minimum atomic E-state index is -3.52. The van der Waals surface area contributed by atoms with E-state index in [1.165, 1.54) is 23.4 Å². The Kier molecular flexibility index (Phi) is 7.35. The molecule has 1 fully saturated rings. The molecule has 32 heavy (non-hydrogen) atoms. The number of carbonyl (C=O) groups excluding carboxylic acids is 2. The van der Waals surface area contributed by atoms with E-state index < -0.39 is 28.0 Å². The first-order valence-electron chi connectivity index (χ1n) is 10.7. The van der Waals surface area contributed by atoms with Gasteiger partial charge < -0.3 is 10.1 Å². The fourth-order valence-corrected chi connectivity index (χ4v) is 5.19. The Morgan fingerprint density at radius 2 is 1.75 bits per heavy atom. The quantitative estimate of drug-likeness (QED) is 0.633. The van der Waals surface area contributed by atoms with E-state index in [0.717, 1.165) is 25.0 Å². The van der Waals surface area contributed by atoms with Gasteiger partial charge in [-0.3, -0.25) is 14.3 Å². The summed E-state index contributed by atoms with van der Waals surface area (Å²) in [4.78, 5) is 24.9. The Morgan fingerprint density at radius 1 is 1.12 bits per heavy atom. The minimum absolute atomic E-state index is 0.0629. The van der Waals surface area contributed by atoms with Crippen molar-refractivity contribution in [2.45, 2.75) is 57.5 Å². The molecule has 1 aromatic heterocycles. The lowest BCUT2D eigenvalue weighted by Gasteiger charge is -2.25. The number of hydrogen-bond acceptors (Lipinski definition) is 6. The smallest absolute Gasteiger partial charge is 0.311 e. The summed E-state index contributed by atoms with van der Waals surface area (Å²) in [6, 6.07) is 6.23. The number of hydrogen-bond donors (Lipinski definition) is 1. The van der Waals surface area contributed by atoms with Crippen LogP contribution in [0.2, 0.25) is 0 Å². The Labute approximate surface area is 188 Å². The third kappa shape index (κ3) is 5.36. The van der Waals surface area contributed by atoms with E-state index in [9.17, 15) is 18.0 Å². The third-order valence-corrected chi connectivity index (χ3v) is 7.57. The van der Waals surface area contributed by atoms with Crippen molar-refractivity contribution in [3.63, 3.8) is 0 Å². The number of aromatic nitrogens is 2. The van der Waals surface area contributed by atoms with Crippen molar-refractivity contribution in [3.8, 4) is 0 Å². The van der Waals surface area contributed by atoms with Crippen LogP contribution in [0.25, 0.3) is 0 Å². The van der Waals surface area contributed by atoms with Crippen LogP contribution in [0.15, 0.2) is 29.2 Å². The predicted octanol–water partition coefficient (Wildman–Crippen LogP) is 2.32. The zero-order valence-corrected chi connectivity index (χ0v) is 19.7. The van der Waals surface area contributed by atoms with E-state index in [2.05, 4.69) is 10.4 Å². The number of anilines is 1. The molecule has 2 heterocycles. The van der Waals surface area contributed by atoms with Crippen LogP contribution in [0.5, 0.6) is 0 Å². The predicted molar refractivity (Wildman–Crippen MR) is 120 cm³/mol. The lowest BCUT2D eigenvalue weighted by molar-refractivity contribution is -0.152. The first kappa shape index (κ1) is 23.9. The van der Waals surface area contributed by atoms with E-state index in [1.54, 1.807) is 30.8 Å². The molecule has 1 unspecified atom stereocenters. The Morgan fingerprint density at radius 3 is 2.31 bits per heavy atom. The number of amides is 1. The van der Waals surface area contributed by atoms with E-state index in [0.29, 0.717) is 30.0 Å². The van der Waals surface area contributed by atoms with Gasteiger partial charge in [0.15, 0.2) is 6.10 Å². The lowest BCUT2D eigenvalue weighted by Crippen LogP contribution is -2.35.